The summed E-state index contributed by atoms with van der Waals surface area (Å²) in [5.41, 5.74) is 0.974. The van der Waals surface area contributed by atoms with Gasteiger partial charge in [-0.05, 0) is 30.2 Å². The first-order chi connectivity index (χ1) is 11.5. The molecule has 2 saturated heterocycles. The van der Waals surface area contributed by atoms with E-state index in [2.05, 4.69) is 15.9 Å². The van der Waals surface area contributed by atoms with Crippen LogP contribution < -0.4 is 4.74 Å². The molecule has 0 spiro atoms. The number of hydrogen-bond donors (Lipinski definition) is 0. The van der Waals surface area contributed by atoms with E-state index < -0.39 is 0 Å². The third kappa shape index (κ3) is 3.31. The normalized spacial score (nSPS) is 18.1. The van der Waals surface area contributed by atoms with Crippen molar-refractivity contribution in [3.63, 3.8) is 0 Å². The summed E-state index contributed by atoms with van der Waals surface area (Å²) in [5, 5.41) is 0. The lowest BCUT2D eigenvalue weighted by Crippen LogP contribution is -2.62. The highest BCUT2D eigenvalue weighted by Gasteiger charge is 2.42. The topological polar surface area (TPSA) is 66.9 Å². The Morgan fingerprint density at radius 1 is 1.25 bits per heavy atom. The predicted molar refractivity (Wildman–Crippen MR) is 90.5 cm³/mol. The van der Waals surface area contributed by atoms with Gasteiger partial charge in [-0.2, -0.15) is 0 Å². The van der Waals surface area contributed by atoms with Crippen molar-refractivity contribution < 1.29 is 19.1 Å². The zero-order valence-electron chi connectivity index (χ0n) is 13.5. The highest BCUT2D eigenvalue weighted by molar-refractivity contribution is 9.10. The molecule has 0 saturated carbocycles. The Kier molecular flexibility index (Phi) is 4.89. The van der Waals surface area contributed by atoms with E-state index in [0.717, 1.165) is 15.8 Å². The first-order valence-corrected chi connectivity index (χ1v) is 8.74. The number of likely N-dealkylation sites (tertiary alicyclic amines) is 2. The van der Waals surface area contributed by atoms with Crippen molar-refractivity contribution >= 4 is 33.7 Å². The third-order valence-corrected chi connectivity index (χ3v) is 5.01. The highest BCUT2D eigenvalue weighted by Crippen LogP contribution is 2.26. The van der Waals surface area contributed by atoms with Crippen LogP contribution in [0.1, 0.15) is 24.8 Å². The number of amides is 3. The molecule has 2 fully saturated rings. The monoisotopic (exact) mass is 394 g/mol. The Morgan fingerprint density at radius 2 is 1.92 bits per heavy atom. The second-order valence-electron chi connectivity index (χ2n) is 6.07. The molecule has 2 aliphatic heterocycles. The van der Waals surface area contributed by atoms with Crippen LogP contribution in [0.5, 0.6) is 5.75 Å². The van der Waals surface area contributed by atoms with Gasteiger partial charge in [-0.25, -0.2) is 0 Å². The van der Waals surface area contributed by atoms with E-state index in [-0.39, 0.29) is 23.8 Å². The van der Waals surface area contributed by atoms with E-state index in [1.165, 1.54) is 4.90 Å². The van der Waals surface area contributed by atoms with Crippen molar-refractivity contribution in [2.45, 2.75) is 31.7 Å². The number of aryl methyl sites for hydroxylation is 1. The average molecular weight is 395 g/mol. The number of benzene rings is 1. The molecule has 2 aliphatic rings. The molecule has 7 heteroatoms. The number of methoxy groups -OCH3 is 1. The van der Waals surface area contributed by atoms with Crippen LogP contribution >= 0.6 is 15.9 Å². The summed E-state index contributed by atoms with van der Waals surface area (Å²) < 4.78 is 6.26. The molecule has 0 N–H and O–H groups in total. The molecule has 6 nitrogen and oxygen atoms in total. The van der Waals surface area contributed by atoms with E-state index in [9.17, 15) is 14.4 Å². The van der Waals surface area contributed by atoms with Gasteiger partial charge in [0.15, 0.2) is 0 Å². The lowest BCUT2D eigenvalue weighted by molar-refractivity contribution is -0.151. The van der Waals surface area contributed by atoms with Crippen LogP contribution in [0, 0.1) is 0 Å². The van der Waals surface area contributed by atoms with Gasteiger partial charge in [0.1, 0.15) is 5.75 Å². The van der Waals surface area contributed by atoms with Crippen LogP contribution in [0.15, 0.2) is 22.7 Å². The van der Waals surface area contributed by atoms with E-state index in [1.807, 2.05) is 18.2 Å². The van der Waals surface area contributed by atoms with E-state index in [0.29, 0.717) is 38.8 Å². The fourth-order valence-corrected chi connectivity index (χ4v) is 3.57. The first-order valence-electron chi connectivity index (χ1n) is 7.94. The smallest absolute Gasteiger partial charge is 0.230 e. The Balaban J connectivity index is 1.52. The number of rotatable bonds is 5. The van der Waals surface area contributed by atoms with Crippen LogP contribution in [0.3, 0.4) is 0 Å². The third-order valence-electron chi connectivity index (χ3n) is 4.52. The van der Waals surface area contributed by atoms with Gasteiger partial charge in [0.2, 0.25) is 17.7 Å². The molecule has 0 aliphatic carbocycles. The number of carbonyl (C=O) groups is 3. The van der Waals surface area contributed by atoms with Crippen molar-refractivity contribution in [3.05, 3.63) is 28.2 Å². The van der Waals surface area contributed by atoms with Crippen LogP contribution in [0.2, 0.25) is 0 Å². The molecule has 24 heavy (non-hydrogen) atoms. The van der Waals surface area contributed by atoms with Crippen LogP contribution in [0.4, 0.5) is 0 Å². The summed E-state index contributed by atoms with van der Waals surface area (Å²) in [6, 6.07) is 5.58. The molecule has 0 unspecified atom stereocenters. The number of carbonyl (C=O) groups excluding carboxylic acids is 3. The number of nitrogens with zero attached hydrogens (tertiary/aromatic N) is 2. The molecule has 0 atom stereocenters. The fourth-order valence-electron chi connectivity index (χ4n) is 3.17. The molecule has 3 rings (SSSR count). The second-order valence-corrected chi connectivity index (χ2v) is 6.98. The van der Waals surface area contributed by atoms with Crippen LogP contribution in [-0.4, -0.2) is 53.8 Å². The number of hydrogen-bond acceptors (Lipinski definition) is 4. The van der Waals surface area contributed by atoms with Gasteiger partial charge < -0.3 is 9.64 Å². The molecule has 128 valence electrons. The van der Waals surface area contributed by atoms with Gasteiger partial charge >= 0.3 is 0 Å². The first kappa shape index (κ1) is 17.0. The van der Waals surface area contributed by atoms with Crippen LogP contribution in [-0.2, 0) is 20.8 Å². The Morgan fingerprint density at radius 3 is 2.54 bits per heavy atom. The van der Waals surface area contributed by atoms with Crippen molar-refractivity contribution in [1.29, 1.82) is 0 Å². The lowest BCUT2D eigenvalue weighted by Gasteiger charge is -2.43. The van der Waals surface area contributed by atoms with Crippen LogP contribution in [0.25, 0.3) is 0 Å². The molecule has 0 radical (unpaired) electrons. The zero-order chi connectivity index (χ0) is 17.3. The minimum absolute atomic E-state index is 0.0346. The minimum atomic E-state index is -0.142. The van der Waals surface area contributed by atoms with E-state index >= 15 is 0 Å². The zero-order valence-corrected chi connectivity index (χ0v) is 15.0. The predicted octanol–water partition coefficient (Wildman–Crippen LogP) is 1.75. The van der Waals surface area contributed by atoms with E-state index in [1.54, 1.807) is 12.0 Å². The van der Waals surface area contributed by atoms with Gasteiger partial charge in [0.25, 0.3) is 0 Å². The maximum atomic E-state index is 12.3. The van der Waals surface area contributed by atoms with Crippen molar-refractivity contribution in [2.75, 3.05) is 20.2 Å². The average Bonchev–Trinajstić information content (AvgIpc) is 2.84. The molecule has 0 bridgehead atoms. The van der Waals surface area contributed by atoms with Gasteiger partial charge in [-0.15, -0.1) is 0 Å². The molecule has 0 aromatic heterocycles. The summed E-state index contributed by atoms with van der Waals surface area (Å²) in [6.07, 6.45) is 1.56. The van der Waals surface area contributed by atoms with Crippen molar-refractivity contribution in [2.24, 2.45) is 0 Å². The van der Waals surface area contributed by atoms with Crippen molar-refractivity contribution in [3.8, 4) is 5.75 Å². The van der Waals surface area contributed by atoms with Gasteiger partial charge in [0, 0.05) is 36.8 Å². The van der Waals surface area contributed by atoms with Crippen molar-refractivity contribution in [1.82, 2.24) is 9.80 Å². The van der Waals surface area contributed by atoms with E-state index in [4.69, 9.17) is 4.74 Å². The number of halogens is 1. The standard InChI is InChI=1S/C17H19BrN2O4/c1-24-14-4-3-12(18)8-11(14)2-5-15(21)19-9-13(10-19)20-16(22)6-7-17(20)23/h3-4,8,13H,2,5-7,9-10H2,1H3. The number of imide groups is 1. The fraction of sp³-hybridized carbons (Fsp3) is 0.471. The summed E-state index contributed by atoms with van der Waals surface area (Å²) in [5.74, 6) is 0.570. The maximum absolute atomic E-state index is 12.3. The maximum Gasteiger partial charge on any atom is 0.230 e. The quantitative estimate of drug-likeness (QED) is 0.713. The summed E-state index contributed by atoms with van der Waals surface area (Å²) in [4.78, 5) is 38.7. The lowest BCUT2D eigenvalue weighted by atomic mass is 10.0. The SMILES string of the molecule is COc1ccc(Br)cc1CCC(=O)N1CC(N2C(=O)CCC2=O)C1. The number of ether oxygens (including phenoxy) is 1. The van der Waals surface area contributed by atoms with Gasteiger partial charge in [0.05, 0.1) is 13.2 Å². The summed E-state index contributed by atoms with van der Waals surface area (Å²) >= 11 is 3.42. The molecular weight excluding hydrogens is 376 g/mol. The van der Waals surface area contributed by atoms with Gasteiger partial charge in [-0.1, -0.05) is 15.9 Å². The minimum Gasteiger partial charge on any atom is -0.496 e. The Hall–Kier alpha value is -1.89. The molecule has 1 aromatic carbocycles. The molecule has 3 amide bonds. The largest absolute Gasteiger partial charge is 0.496 e. The highest BCUT2D eigenvalue weighted by atomic mass is 79.9. The Labute approximate surface area is 148 Å². The Bertz CT molecular complexity index is 669. The molecule has 1 aromatic rings. The molecular formula is C17H19BrN2O4. The molecule has 2 heterocycles. The summed E-state index contributed by atoms with van der Waals surface area (Å²) in [7, 11) is 1.61. The van der Waals surface area contributed by atoms with Gasteiger partial charge in [-0.3, -0.25) is 19.3 Å². The second kappa shape index (κ2) is 6.93. The summed E-state index contributed by atoms with van der Waals surface area (Å²) in [6.45, 7) is 0.901.